The normalized spacial score (nSPS) is 10.3. The van der Waals surface area contributed by atoms with Crippen molar-refractivity contribution in [3.63, 3.8) is 0 Å². The molecule has 2 aromatic carbocycles. The van der Waals surface area contributed by atoms with Crippen molar-refractivity contribution in [2.45, 2.75) is 0 Å². The first-order chi connectivity index (χ1) is 14.6. The number of nitriles is 1. The maximum Gasteiger partial charge on any atom is 0.324 e. The molecule has 0 aliphatic rings. The topological polar surface area (TPSA) is 99.9 Å². The highest BCUT2D eigenvalue weighted by Gasteiger charge is 2.10. The monoisotopic (exact) mass is 399 g/mol. The molecule has 2 heterocycles. The quantitative estimate of drug-likeness (QED) is 0.499. The van der Waals surface area contributed by atoms with Crippen molar-refractivity contribution >= 4 is 28.3 Å². The van der Waals surface area contributed by atoms with Crippen molar-refractivity contribution in [2.24, 2.45) is 0 Å². The van der Waals surface area contributed by atoms with Crippen LogP contribution in [0.4, 0.5) is 20.7 Å². The van der Waals surface area contributed by atoms with Gasteiger partial charge in [0, 0.05) is 29.9 Å². The van der Waals surface area contributed by atoms with Crippen molar-refractivity contribution in [3.05, 3.63) is 84.6 Å². The largest absolute Gasteiger partial charge is 0.457 e. The summed E-state index contributed by atoms with van der Waals surface area (Å²) in [6.45, 7) is 0. The summed E-state index contributed by atoms with van der Waals surface area (Å²) in [5, 5.41) is 15.8. The number of carbonyl (C=O) groups is 1. The van der Waals surface area contributed by atoms with Gasteiger partial charge in [-0.1, -0.05) is 24.3 Å². The molecular formula is C22H14FN5O2. The van der Waals surface area contributed by atoms with Crippen LogP contribution in [-0.4, -0.2) is 16.0 Å². The van der Waals surface area contributed by atoms with Crippen LogP contribution in [0.1, 0.15) is 5.69 Å². The maximum absolute atomic E-state index is 14.4. The van der Waals surface area contributed by atoms with E-state index in [-0.39, 0.29) is 17.1 Å². The molecule has 0 radical (unpaired) electrons. The van der Waals surface area contributed by atoms with Crippen LogP contribution in [0.15, 0.2) is 73.1 Å². The van der Waals surface area contributed by atoms with E-state index in [2.05, 4.69) is 20.6 Å². The molecule has 2 amide bonds. The van der Waals surface area contributed by atoms with Crippen LogP contribution in [0, 0.1) is 17.1 Å². The fourth-order valence-electron chi connectivity index (χ4n) is 2.75. The summed E-state index contributed by atoms with van der Waals surface area (Å²) >= 11 is 0. The Bertz CT molecular complexity index is 1290. The molecule has 0 unspecified atom stereocenters. The zero-order chi connectivity index (χ0) is 20.9. The number of urea groups is 1. The lowest BCUT2D eigenvalue weighted by molar-refractivity contribution is 0.262. The molecule has 0 aliphatic heterocycles. The summed E-state index contributed by atoms with van der Waals surface area (Å²) < 4.78 is 19.9. The van der Waals surface area contributed by atoms with E-state index in [0.717, 1.165) is 16.8 Å². The van der Waals surface area contributed by atoms with E-state index in [1.54, 1.807) is 18.3 Å². The Morgan fingerprint density at radius 2 is 1.77 bits per heavy atom. The van der Waals surface area contributed by atoms with Crippen LogP contribution >= 0.6 is 0 Å². The van der Waals surface area contributed by atoms with Crippen LogP contribution in [0.5, 0.6) is 11.5 Å². The number of nitrogens with one attached hydrogen (secondary N) is 2. The Hall–Kier alpha value is -4.51. The maximum atomic E-state index is 14.4. The molecule has 0 atom stereocenters. The predicted octanol–water partition coefficient (Wildman–Crippen LogP) is 5.08. The summed E-state index contributed by atoms with van der Waals surface area (Å²) in [6, 6.07) is 17.6. The number of rotatable bonds is 4. The lowest BCUT2D eigenvalue weighted by Gasteiger charge is -2.10. The molecule has 0 fully saturated rings. The highest BCUT2D eigenvalue weighted by Crippen LogP contribution is 2.26. The van der Waals surface area contributed by atoms with Gasteiger partial charge in [0.05, 0.1) is 5.69 Å². The van der Waals surface area contributed by atoms with Gasteiger partial charge in [0.25, 0.3) is 0 Å². The molecule has 7 nitrogen and oxygen atoms in total. The van der Waals surface area contributed by atoms with Gasteiger partial charge >= 0.3 is 6.03 Å². The first-order valence-corrected chi connectivity index (χ1v) is 8.87. The molecule has 2 aromatic heterocycles. The second-order valence-corrected chi connectivity index (χ2v) is 6.23. The second-order valence-electron chi connectivity index (χ2n) is 6.23. The number of hydrogen-bond acceptors (Lipinski definition) is 5. The standard InChI is InChI=1S/C22H14FN5O2/c23-19-11-17(30-18-7-8-25-16(10-18)12-24)5-6-20(19)27-22(29)28-21-9-14-3-1-2-4-15(14)13-26-21/h1-11,13H,(H2,26,27,28,29). The third kappa shape index (κ3) is 4.31. The Balaban J connectivity index is 1.43. The van der Waals surface area contributed by atoms with E-state index < -0.39 is 11.8 Å². The first kappa shape index (κ1) is 18.8. The zero-order valence-electron chi connectivity index (χ0n) is 15.5. The number of carbonyl (C=O) groups excluding carboxylic acids is 1. The van der Waals surface area contributed by atoms with E-state index in [4.69, 9.17) is 10.00 Å². The molecule has 0 aliphatic carbocycles. The molecular weight excluding hydrogens is 385 g/mol. The highest BCUT2D eigenvalue weighted by atomic mass is 19.1. The number of ether oxygens (including phenoxy) is 1. The molecule has 4 rings (SSSR count). The molecule has 0 spiro atoms. The number of benzene rings is 2. The van der Waals surface area contributed by atoms with E-state index >= 15 is 0 Å². The highest BCUT2D eigenvalue weighted by molar-refractivity contribution is 6.00. The van der Waals surface area contributed by atoms with Crippen LogP contribution in [0.25, 0.3) is 10.8 Å². The van der Waals surface area contributed by atoms with E-state index in [1.807, 2.05) is 30.3 Å². The summed E-state index contributed by atoms with van der Waals surface area (Å²) in [5.41, 5.74) is 0.165. The minimum absolute atomic E-state index is 0.0203. The molecule has 2 N–H and O–H groups in total. The third-order valence-electron chi connectivity index (χ3n) is 4.14. The van der Waals surface area contributed by atoms with E-state index in [9.17, 15) is 9.18 Å². The van der Waals surface area contributed by atoms with Crippen LogP contribution in [0.2, 0.25) is 0 Å². The fourth-order valence-corrected chi connectivity index (χ4v) is 2.75. The molecule has 0 saturated carbocycles. The van der Waals surface area contributed by atoms with Crippen LogP contribution in [-0.2, 0) is 0 Å². The Morgan fingerprint density at radius 3 is 2.57 bits per heavy atom. The molecule has 8 heteroatoms. The number of anilines is 2. The third-order valence-corrected chi connectivity index (χ3v) is 4.14. The molecule has 0 saturated heterocycles. The molecule has 146 valence electrons. The summed E-state index contributed by atoms with van der Waals surface area (Å²) in [4.78, 5) is 20.2. The van der Waals surface area contributed by atoms with Gasteiger partial charge in [0.2, 0.25) is 0 Å². The smallest absolute Gasteiger partial charge is 0.324 e. The molecule has 30 heavy (non-hydrogen) atoms. The van der Waals surface area contributed by atoms with Gasteiger partial charge < -0.3 is 10.1 Å². The van der Waals surface area contributed by atoms with Crippen molar-refractivity contribution in [1.29, 1.82) is 5.26 Å². The Labute approximate surface area is 170 Å². The number of pyridine rings is 2. The number of aromatic nitrogens is 2. The van der Waals surface area contributed by atoms with Gasteiger partial charge in [-0.05, 0) is 29.7 Å². The van der Waals surface area contributed by atoms with Crippen molar-refractivity contribution in [2.75, 3.05) is 10.6 Å². The summed E-state index contributed by atoms with van der Waals surface area (Å²) in [7, 11) is 0. The van der Waals surface area contributed by atoms with Gasteiger partial charge in [-0.3, -0.25) is 5.32 Å². The lowest BCUT2D eigenvalue weighted by Crippen LogP contribution is -2.20. The number of nitrogens with zero attached hydrogens (tertiary/aromatic N) is 3. The number of halogens is 1. The minimum atomic E-state index is -0.677. The second kappa shape index (κ2) is 8.24. The molecule has 4 aromatic rings. The van der Waals surface area contributed by atoms with Crippen LogP contribution in [0.3, 0.4) is 0 Å². The predicted molar refractivity (Wildman–Crippen MR) is 110 cm³/mol. The average Bonchev–Trinajstić information content (AvgIpc) is 2.76. The van der Waals surface area contributed by atoms with Gasteiger partial charge in [-0.15, -0.1) is 0 Å². The van der Waals surface area contributed by atoms with Crippen molar-refractivity contribution in [1.82, 2.24) is 9.97 Å². The first-order valence-electron chi connectivity index (χ1n) is 8.87. The summed E-state index contributed by atoms with van der Waals surface area (Å²) in [6.07, 6.45) is 3.07. The number of amides is 2. The van der Waals surface area contributed by atoms with E-state index in [1.165, 1.54) is 24.4 Å². The lowest BCUT2D eigenvalue weighted by atomic mass is 10.2. The number of fused-ring (bicyclic) bond motifs is 1. The van der Waals surface area contributed by atoms with E-state index in [0.29, 0.717) is 11.6 Å². The van der Waals surface area contributed by atoms with Crippen molar-refractivity contribution < 1.29 is 13.9 Å². The average molecular weight is 399 g/mol. The minimum Gasteiger partial charge on any atom is -0.457 e. The molecule has 0 bridgehead atoms. The van der Waals surface area contributed by atoms with Gasteiger partial charge in [0.1, 0.15) is 34.9 Å². The SMILES string of the molecule is N#Cc1cc(Oc2ccc(NC(=O)Nc3cc4ccccc4cn3)c(F)c2)ccn1. The summed E-state index contributed by atoms with van der Waals surface area (Å²) in [5.74, 6) is 0.229. The number of hydrogen-bond donors (Lipinski definition) is 2. The zero-order valence-corrected chi connectivity index (χ0v) is 15.5. The van der Waals surface area contributed by atoms with Crippen LogP contribution < -0.4 is 15.4 Å². The van der Waals surface area contributed by atoms with Gasteiger partial charge in [-0.25, -0.2) is 19.2 Å². The fraction of sp³-hybridized carbons (Fsp3) is 0. The van der Waals surface area contributed by atoms with Crippen molar-refractivity contribution in [3.8, 4) is 17.6 Å². The Kier molecular flexibility index (Phi) is 5.17. The van der Waals surface area contributed by atoms with Gasteiger partial charge in [-0.2, -0.15) is 5.26 Å². The Morgan fingerprint density at radius 1 is 0.967 bits per heavy atom. The van der Waals surface area contributed by atoms with Gasteiger partial charge in [0.15, 0.2) is 0 Å².